The number of phenols is 1. The Morgan fingerprint density at radius 1 is 0.933 bits per heavy atom. The maximum Gasteiger partial charge on any atom is 0.238 e. The van der Waals surface area contributed by atoms with Crippen molar-refractivity contribution < 1.29 is 29.0 Å². The summed E-state index contributed by atoms with van der Waals surface area (Å²) in [6.45, 7) is 1.62. The number of aromatic hydroxyl groups is 1. The average Bonchev–Trinajstić information content (AvgIpc) is 3.30. The number of halogens is 1. The first kappa shape index (κ1) is 29.0. The number of allylic oxidation sites excluding steroid dienone is 6. The molecule has 45 heavy (non-hydrogen) atoms. The highest BCUT2D eigenvalue weighted by molar-refractivity contribution is 9.10. The van der Waals surface area contributed by atoms with E-state index in [0.29, 0.717) is 38.9 Å². The predicted molar refractivity (Wildman–Crippen MR) is 172 cm³/mol. The van der Waals surface area contributed by atoms with E-state index < -0.39 is 23.7 Å². The summed E-state index contributed by atoms with van der Waals surface area (Å²) in [6.07, 6.45) is 3.86. The first-order valence-corrected chi connectivity index (χ1v) is 15.5. The highest BCUT2D eigenvalue weighted by atomic mass is 79.9. The lowest BCUT2D eigenvalue weighted by Crippen LogP contribution is -2.39. The van der Waals surface area contributed by atoms with Crippen LogP contribution >= 0.6 is 15.9 Å². The molecular weight excluding hydrogens is 636 g/mol. The van der Waals surface area contributed by atoms with Gasteiger partial charge in [0.1, 0.15) is 0 Å². The number of carbonyl (C=O) groups is 4. The molecule has 1 heterocycles. The summed E-state index contributed by atoms with van der Waals surface area (Å²) < 4.78 is 5.79. The molecule has 7 rings (SSSR count). The predicted octanol–water partition coefficient (Wildman–Crippen LogP) is 6.54. The first-order chi connectivity index (χ1) is 21.7. The molecule has 9 heteroatoms. The van der Waals surface area contributed by atoms with Crippen LogP contribution in [0.4, 0.5) is 17.1 Å². The maximum atomic E-state index is 14.2. The molecule has 3 aliphatic carbocycles. The summed E-state index contributed by atoms with van der Waals surface area (Å²) in [5.41, 5.74) is 4.80. The molecule has 4 atom stereocenters. The van der Waals surface area contributed by atoms with Gasteiger partial charge in [0.05, 0.1) is 29.1 Å². The van der Waals surface area contributed by atoms with E-state index in [4.69, 9.17) is 4.74 Å². The molecule has 0 saturated carbocycles. The zero-order chi connectivity index (χ0) is 31.6. The van der Waals surface area contributed by atoms with E-state index in [1.165, 1.54) is 18.1 Å². The molecule has 0 aromatic heterocycles. The molecule has 0 spiro atoms. The third-order valence-electron chi connectivity index (χ3n) is 9.35. The Morgan fingerprint density at radius 2 is 1.64 bits per heavy atom. The van der Waals surface area contributed by atoms with Crippen LogP contribution in [0.25, 0.3) is 0 Å². The molecule has 2 amide bonds. The van der Waals surface area contributed by atoms with Gasteiger partial charge in [0.25, 0.3) is 0 Å². The molecule has 3 aromatic rings. The number of nitrogens with zero attached hydrogens (tertiary/aromatic N) is 1. The van der Waals surface area contributed by atoms with E-state index in [1.54, 1.807) is 31.2 Å². The van der Waals surface area contributed by atoms with Gasteiger partial charge in [-0.3, -0.25) is 24.1 Å². The Hall–Kier alpha value is -4.76. The van der Waals surface area contributed by atoms with Crippen molar-refractivity contribution in [3.63, 3.8) is 0 Å². The smallest absolute Gasteiger partial charge is 0.238 e. The monoisotopic (exact) mass is 664 g/mol. The van der Waals surface area contributed by atoms with Crippen LogP contribution in [-0.4, -0.2) is 35.6 Å². The highest BCUT2D eigenvalue weighted by Gasteiger charge is 2.56. The van der Waals surface area contributed by atoms with Gasteiger partial charge in [-0.2, -0.15) is 0 Å². The summed E-state index contributed by atoms with van der Waals surface area (Å²) >= 11 is 3.40. The van der Waals surface area contributed by atoms with Crippen molar-refractivity contribution in [2.75, 3.05) is 17.3 Å². The van der Waals surface area contributed by atoms with Crippen LogP contribution in [0.15, 0.2) is 106 Å². The highest BCUT2D eigenvalue weighted by Crippen LogP contribution is 2.56. The average molecular weight is 666 g/mol. The molecule has 2 N–H and O–H groups in total. The lowest BCUT2D eigenvalue weighted by atomic mass is 9.59. The summed E-state index contributed by atoms with van der Waals surface area (Å²) in [4.78, 5) is 56.4. The maximum absolute atomic E-state index is 14.2. The third-order valence-corrected chi connectivity index (χ3v) is 9.96. The fraction of sp³-hybridized carbons (Fsp3) is 0.222. The van der Waals surface area contributed by atoms with Crippen LogP contribution in [0.1, 0.15) is 31.2 Å². The third kappa shape index (κ3) is 4.64. The number of phenolic OH excluding ortho intramolecular Hbond substituents is 1. The fourth-order valence-corrected chi connectivity index (χ4v) is 7.77. The molecule has 3 aromatic carbocycles. The molecule has 4 aliphatic rings. The number of carbonyl (C=O) groups excluding carboxylic acids is 4. The Kier molecular flexibility index (Phi) is 7.08. The van der Waals surface area contributed by atoms with Crippen LogP contribution < -0.4 is 15.0 Å². The Labute approximate surface area is 268 Å². The second-order valence-corrected chi connectivity index (χ2v) is 12.7. The van der Waals surface area contributed by atoms with Gasteiger partial charge in [-0.15, -0.1) is 0 Å². The number of hydrogen-bond acceptors (Lipinski definition) is 7. The second-order valence-electron chi connectivity index (χ2n) is 11.8. The standard InChI is InChI=1S/C36H29BrN2O6/c1-18-14-28(40)32-26(33(18)41)17-25-23(30(32)19-15-27(37)34(42)29(16-19)45-2)12-13-24-31(25)36(44)39(35(24)43)22-10-8-21(9-11-22)38-20-6-4-3-5-7-20/h3-12,14-16,24-25,30-31,38,42H,13,17H2,1-2H3. The molecule has 8 nitrogen and oxygen atoms in total. The van der Waals surface area contributed by atoms with Crippen LogP contribution in [0.5, 0.6) is 11.5 Å². The minimum atomic E-state index is -0.687. The van der Waals surface area contributed by atoms with Gasteiger partial charge in [0, 0.05) is 34.0 Å². The molecule has 1 fully saturated rings. The van der Waals surface area contributed by atoms with Crippen LogP contribution in [-0.2, 0) is 19.2 Å². The van der Waals surface area contributed by atoms with Crippen LogP contribution in [0.3, 0.4) is 0 Å². The van der Waals surface area contributed by atoms with Crippen LogP contribution in [0, 0.1) is 17.8 Å². The lowest BCUT2D eigenvalue weighted by Gasteiger charge is -2.42. The molecule has 1 aliphatic heterocycles. The number of anilines is 3. The van der Waals surface area contributed by atoms with E-state index in [1.807, 2.05) is 48.5 Å². The molecule has 226 valence electrons. The van der Waals surface area contributed by atoms with E-state index in [-0.39, 0.29) is 41.3 Å². The number of para-hydroxylation sites is 1. The van der Waals surface area contributed by atoms with Gasteiger partial charge in [-0.25, -0.2) is 0 Å². The normalized spacial score (nSPS) is 24.1. The summed E-state index contributed by atoms with van der Waals surface area (Å²) in [6, 6.07) is 20.3. The Balaban J connectivity index is 1.27. The van der Waals surface area contributed by atoms with Crippen molar-refractivity contribution in [1.29, 1.82) is 0 Å². The summed E-state index contributed by atoms with van der Waals surface area (Å²) in [5.74, 6) is -3.30. The SMILES string of the molecule is COc1cc(C2C3=CCC4C(=O)N(c5ccc(Nc6ccccc6)cc5)C(=O)C4C3CC3=C2C(=O)C=C(C)C3=O)cc(Br)c1O. The van der Waals surface area contributed by atoms with Crippen molar-refractivity contribution >= 4 is 56.4 Å². The quantitative estimate of drug-likeness (QED) is 0.181. The number of amides is 2. The van der Waals surface area contributed by atoms with E-state index in [9.17, 15) is 24.3 Å². The van der Waals surface area contributed by atoms with E-state index in [0.717, 1.165) is 16.9 Å². The van der Waals surface area contributed by atoms with Crippen molar-refractivity contribution in [2.45, 2.75) is 25.7 Å². The number of hydrogen-bond donors (Lipinski definition) is 2. The number of ether oxygens (including phenoxy) is 1. The topological polar surface area (TPSA) is 113 Å². The number of benzene rings is 3. The van der Waals surface area contributed by atoms with Crippen molar-refractivity contribution in [2.24, 2.45) is 17.8 Å². The van der Waals surface area contributed by atoms with Crippen molar-refractivity contribution in [1.82, 2.24) is 0 Å². The molecule has 1 saturated heterocycles. The lowest BCUT2D eigenvalue weighted by molar-refractivity contribution is -0.123. The number of fused-ring (bicyclic) bond motifs is 3. The summed E-state index contributed by atoms with van der Waals surface area (Å²) in [5, 5.41) is 13.8. The van der Waals surface area contributed by atoms with Gasteiger partial charge in [0.2, 0.25) is 11.8 Å². The zero-order valence-electron chi connectivity index (χ0n) is 24.5. The largest absolute Gasteiger partial charge is 0.503 e. The molecule has 4 unspecified atom stereocenters. The number of ketones is 2. The number of nitrogens with one attached hydrogen (secondary N) is 1. The fourth-order valence-electron chi connectivity index (χ4n) is 7.31. The minimum Gasteiger partial charge on any atom is -0.503 e. The van der Waals surface area contributed by atoms with Crippen LogP contribution in [0.2, 0.25) is 0 Å². The zero-order valence-corrected chi connectivity index (χ0v) is 26.1. The van der Waals surface area contributed by atoms with E-state index in [2.05, 4.69) is 21.2 Å². The van der Waals surface area contributed by atoms with Gasteiger partial charge in [0.15, 0.2) is 23.1 Å². The number of imide groups is 1. The van der Waals surface area contributed by atoms with Gasteiger partial charge in [-0.05, 0) is 102 Å². The van der Waals surface area contributed by atoms with Gasteiger partial charge < -0.3 is 15.2 Å². The summed E-state index contributed by atoms with van der Waals surface area (Å²) in [7, 11) is 1.44. The van der Waals surface area contributed by atoms with Crippen molar-refractivity contribution in [3.05, 3.63) is 111 Å². The first-order valence-electron chi connectivity index (χ1n) is 14.7. The molecular formula is C36H29BrN2O6. The van der Waals surface area contributed by atoms with Crippen molar-refractivity contribution in [3.8, 4) is 11.5 Å². The van der Waals surface area contributed by atoms with Gasteiger partial charge >= 0.3 is 0 Å². The number of methoxy groups -OCH3 is 1. The molecule has 0 radical (unpaired) electrons. The molecule has 0 bridgehead atoms. The second kappa shape index (κ2) is 11.0. The minimum absolute atomic E-state index is 0.0838. The Bertz CT molecular complexity index is 1890. The van der Waals surface area contributed by atoms with Gasteiger partial charge in [-0.1, -0.05) is 29.8 Å². The number of Topliss-reactive ketones (excluding diaryl/α,β-unsaturated/α-hetero) is 1. The Morgan fingerprint density at radius 3 is 2.36 bits per heavy atom. The number of rotatable bonds is 5. The van der Waals surface area contributed by atoms with E-state index >= 15 is 0 Å².